The van der Waals surface area contributed by atoms with Crippen LogP contribution in [0.15, 0.2) is 49.1 Å². The summed E-state index contributed by atoms with van der Waals surface area (Å²) in [6.45, 7) is 0.855. The van der Waals surface area contributed by atoms with Crippen molar-refractivity contribution in [1.29, 1.82) is 0 Å². The molecule has 190 valence electrons. The molecule has 3 heterocycles. The highest BCUT2D eigenvalue weighted by molar-refractivity contribution is 5.96. The molecule has 36 heavy (non-hydrogen) atoms. The van der Waals surface area contributed by atoms with Crippen LogP contribution < -0.4 is 15.2 Å². The van der Waals surface area contributed by atoms with Crippen molar-refractivity contribution in [2.45, 2.75) is 31.7 Å². The lowest BCUT2D eigenvalue weighted by Gasteiger charge is -2.32. The molecule has 0 atom stereocenters. The smallest absolute Gasteiger partial charge is 0.474 e. The molecule has 0 spiro atoms. The summed E-state index contributed by atoms with van der Waals surface area (Å²) in [5.74, 6) is -1.02. The van der Waals surface area contributed by atoms with Gasteiger partial charge in [0.2, 0.25) is 11.8 Å². The van der Waals surface area contributed by atoms with Crippen molar-refractivity contribution < 1.29 is 32.2 Å². The first-order chi connectivity index (χ1) is 17.1. The van der Waals surface area contributed by atoms with Gasteiger partial charge in [-0.05, 0) is 23.8 Å². The molecular weight excluding hydrogens is 479 g/mol. The summed E-state index contributed by atoms with van der Waals surface area (Å²) in [6.07, 6.45) is 1.06. The molecule has 2 N–H and O–H groups in total. The second-order valence-corrected chi connectivity index (χ2v) is 8.43. The van der Waals surface area contributed by atoms with Gasteiger partial charge in [0.15, 0.2) is 0 Å². The van der Waals surface area contributed by atoms with E-state index in [0.717, 1.165) is 0 Å². The fraction of sp³-hybridized carbons (Fsp3) is 0.333. The lowest BCUT2D eigenvalue weighted by Crippen LogP contribution is -2.42. The number of nitrogens with two attached hydrogens (primary N) is 1. The zero-order chi connectivity index (χ0) is 25.9. The number of alkyl halides is 3. The van der Waals surface area contributed by atoms with Crippen LogP contribution in [0.1, 0.15) is 28.8 Å². The third-order valence-electron chi connectivity index (χ3n) is 5.70. The molecule has 0 aliphatic carbocycles. The zero-order valence-electron chi connectivity index (χ0n) is 19.4. The van der Waals surface area contributed by atoms with Crippen molar-refractivity contribution in [3.05, 3.63) is 60.2 Å². The van der Waals surface area contributed by atoms with E-state index in [4.69, 9.17) is 10.5 Å². The van der Waals surface area contributed by atoms with Crippen LogP contribution in [-0.2, 0) is 18.3 Å². The number of halogens is 3. The van der Waals surface area contributed by atoms with E-state index in [-0.39, 0.29) is 35.6 Å². The molecule has 1 saturated heterocycles. The van der Waals surface area contributed by atoms with Gasteiger partial charge in [-0.1, -0.05) is 12.1 Å². The molecule has 1 aliphatic heterocycles. The molecule has 2 aromatic heterocycles. The van der Waals surface area contributed by atoms with E-state index < -0.39 is 12.3 Å². The van der Waals surface area contributed by atoms with Gasteiger partial charge >= 0.3 is 6.36 Å². The molecule has 0 bridgehead atoms. The number of imidazole rings is 1. The van der Waals surface area contributed by atoms with Crippen LogP contribution in [0, 0.1) is 0 Å². The quantitative estimate of drug-likeness (QED) is 0.530. The number of piperidine rings is 1. The number of hydrogen-bond donors (Lipinski definition) is 1. The van der Waals surface area contributed by atoms with Crippen molar-refractivity contribution in [2.75, 3.05) is 13.1 Å². The number of benzene rings is 1. The van der Waals surface area contributed by atoms with Gasteiger partial charge < -0.3 is 24.7 Å². The van der Waals surface area contributed by atoms with Crippen molar-refractivity contribution in [3.63, 3.8) is 0 Å². The van der Waals surface area contributed by atoms with Gasteiger partial charge in [0.25, 0.3) is 5.91 Å². The Morgan fingerprint density at radius 2 is 1.83 bits per heavy atom. The first-order valence-corrected chi connectivity index (χ1v) is 11.1. The number of aryl methyl sites for hydroxylation is 1. The lowest BCUT2D eigenvalue weighted by molar-refractivity contribution is -0.274. The predicted octanol–water partition coefficient (Wildman–Crippen LogP) is 3.09. The van der Waals surface area contributed by atoms with E-state index in [9.17, 15) is 22.8 Å². The number of pyridine rings is 1. The molecule has 0 unspecified atom stereocenters. The minimum absolute atomic E-state index is 0.0557. The van der Waals surface area contributed by atoms with E-state index >= 15 is 0 Å². The maximum atomic E-state index is 12.7. The van der Waals surface area contributed by atoms with Gasteiger partial charge in [-0.15, -0.1) is 13.2 Å². The Morgan fingerprint density at radius 1 is 1.14 bits per heavy atom. The second-order valence-electron chi connectivity index (χ2n) is 8.43. The zero-order valence-corrected chi connectivity index (χ0v) is 19.4. The maximum Gasteiger partial charge on any atom is 0.573 e. The van der Waals surface area contributed by atoms with Gasteiger partial charge in [0, 0.05) is 50.9 Å². The summed E-state index contributed by atoms with van der Waals surface area (Å²) < 4.78 is 48.5. The number of aromatic nitrogens is 3. The summed E-state index contributed by atoms with van der Waals surface area (Å²) in [4.78, 5) is 34.9. The van der Waals surface area contributed by atoms with E-state index in [1.807, 2.05) is 7.05 Å². The molecule has 0 saturated carbocycles. The molecule has 9 nitrogen and oxygen atoms in total. The SMILES string of the molecule is Cn1cnc(-c2cnc(OC3CCN(C(=O)Cc4ccc(OC(F)(F)F)cc4)CC3)c(C(N)=O)c2)c1. The topological polar surface area (TPSA) is 113 Å². The molecule has 1 aliphatic rings. The average Bonchev–Trinajstić information content (AvgIpc) is 3.26. The van der Waals surface area contributed by atoms with Crippen molar-refractivity contribution in [1.82, 2.24) is 19.4 Å². The molecule has 1 fully saturated rings. The van der Waals surface area contributed by atoms with Gasteiger partial charge in [-0.3, -0.25) is 9.59 Å². The van der Waals surface area contributed by atoms with Crippen LogP contribution in [0.4, 0.5) is 13.2 Å². The van der Waals surface area contributed by atoms with Crippen LogP contribution in [0.3, 0.4) is 0 Å². The molecule has 1 aromatic carbocycles. The number of rotatable bonds is 7. The fourth-order valence-corrected chi connectivity index (χ4v) is 3.90. The minimum Gasteiger partial charge on any atom is -0.474 e. The molecular formula is C24H24F3N5O4. The Hall–Kier alpha value is -4.09. The third kappa shape index (κ3) is 6.32. The number of nitrogens with zero attached hydrogens (tertiary/aromatic N) is 4. The highest BCUT2D eigenvalue weighted by Gasteiger charge is 2.31. The van der Waals surface area contributed by atoms with Gasteiger partial charge in [-0.25, -0.2) is 9.97 Å². The van der Waals surface area contributed by atoms with E-state index in [2.05, 4.69) is 14.7 Å². The highest BCUT2D eigenvalue weighted by Crippen LogP contribution is 2.26. The van der Waals surface area contributed by atoms with Crippen LogP contribution in [-0.4, -0.2) is 56.8 Å². The van der Waals surface area contributed by atoms with E-state index in [1.165, 1.54) is 24.3 Å². The predicted molar refractivity (Wildman–Crippen MR) is 122 cm³/mol. The third-order valence-corrected chi connectivity index (χ3v) is 5.70. The summed E-state index contributed by atoms with van der Waals surface area (Å²) in [7, 11) is 1.83. The molecule has 3 aromatic rings. The summed E-state index contributed by atoms with van der Waals surface area (Å²) in [5, 5.41) is 0. The normalized spacial score (nSPS) is 14.5. The van der Waals surface area contributed by atoms with Crippen LogP contribution >= 0.6 is 0 Å². The Balaban J connectivity index is 1.32. The van der Waals surface area contributed by atoms with Crippen LogP contribution in [0.5, 0.6) is 11.6 Å². The van der Waals surface area contributed by atoms with Crippen LogP contribution in [0.25, 0.3) is 11.3 Å². The van der Waals surface area contributed by atoms with E-state index in [0.29, 0.717) is 42.8 Å². The Bertz CT molecular complexity index is 1240. The first-order valence-electron chi connectivity index (χ1n) is 11.1. The number of likely N-dealkylation sites (tertiary alicyclic amines) is 1. The molecule has 12 heteroatoms. The molecule has 0 radical (unpaired) electrons. The molecule has 2 amide bonds. The number of hydrogen-bond acceptors (Lipinski definition) is 6. The summed E-state index contributed by atoms with van der Waals surface area (Å²) in [6, 6.07) is 6.81. The van der Waals surface area contributed by atoms with E-state index in [1.54, 1.807) is 34.3 Å². The number of primary amides is 1. The standard InChI is InChI=1S/C24H24F3N5O4/c1-31-13-20(30-14-31)16-11-19(22(28)34)23(29-12-16)35-17-6-8-32(9-7-17)21(33)10-15-2-4-18(5-3-15)36-24(25,26)27/h2-5,11-14,17H,6-10H2,1H3,(H2,28,34). The first kappa shape index (κ1) is 25.0. The minimum atomic E-state index is -4.77. The lowest BCUT2D eigenvalue weighted by atomic mass is 10.1. The van der Waals surface area contributed by atoms with Gasteiger partial charge in [-0.2, -0.15) is 0 Å². The number of ether oxygens (including phenoxy) is 2. The Labute approximate surface area is 204 Å². The number of carbonyl (C=O) groups excluding carboxylic acids is 2. The van der Waals surface area contributed by atoms with Crippen molar-refractivity contribution in [2.24, 2.45) is 12.8 Å². The number of carbonyl (C=O) groups is 2. The van der Waals surface area contributed by atoms with Crippen molar-refractivity contribution >= 4 is 11.8 Å². The monoisotopic (exact) mass is 503 g/mol. The Kier molecular flexibility index (Phi) is 7.13. The van der Waals surface area contributed by atoms with Gasteiger partial charge in [0.05, 0.1) is 18.4 Å². The Morgan fingerprint density at radius 3 is 2.42 bits per heavy atom. The second kappa shape index (κ2) is 10.3. The highest BCUT2D eigenvalue weighted by atomic mass is 19.4. The average molecular weight is 503 g/mol. The summed E-state index contributed by atoms with van der Waals surface area (Å²) >= 11 is 0. The number of amides is 2. The fourth-order valence-electron chi connectivity index (χ4n) is 3.90. The maximum absolute atomic E-state index is 12.7. The largest absolute Gasteiger partial charge is 0.573 e. The van der Waals surface area contributed by atoms with Crippen LogP contribution in [0.2, 0.25) is 0 Å². The van der Waals surface area contributed by atoms with Crippen molar-refractivity contribution in [3.8, 4) is 22.9 Å². The summed E-state index contributed by atoms with van der Waals surface area (Å²) in [5.41, 5.74) is 7.55. The van der Waals surface area contributed by atoms with Gasteiger partial charge in [0.1, 0.15) is 17.4 Å². The molecule has 4 rings (SSSR count).